The summed E-state index contributed by atoms with van der Waals surface area (Å²) in [4.78, 5) is 12.2. The third-order valence-corrected chi connectivity index (χ3v) is 3.85. The Bertz CT molecular complexity index is 686. The van der Waals surface area contributed by atoms with Crippen LogP contribution >= 0.6 is 15.9 Å². The number of amides is 1. The number of nitrogens with one attached hydrogen (secondary N) is 1. The summed E-state index contributed by atoms with van der Waals surface area (Å²) < 4.78 is 11.8. The van der Waals surface area contributed by atoms with Crippen molar-refractivity contribution in [3.8, 4) is 11.5 Å². The first kappa shape index (κ1) is 17.3. The maximum absolute atomic E-state index is 12.2. The molecule has 2 rings (SSSR count). The summed E-state index contributed by atoms with van der Waals surface area (Å²) in [5, 5.41) is 2.90. The van der Waals surface area contributed by atoms with E-state index in [0.717, 1.165) is 10.0 Å². The highest BCUT2D eigenvalue weighted by Gasteiger charge is 2.11. The second-order valence-electron chi connectivity index (χ2n) is 5.31. The molecule has 0 heterocycles. The van der Waals surface area contributed by atoms with Gasteiger partial charge in [-0.05, 0) is 59.6 Å². The van der Waals surface area contributed by atoms with E-state index < -0.39 is 0 Å². The maximum Gasteiger partial charge on any atom is 0.252 e. The molecule has 5 heteroatoms. The van der Waals surface area contributed by atoms with Gasteiger partial charge in [0, 0.05) is 11.0 Å². The van der Waals surface area contributed by atoms with Crippen LogP contribution in [0.4, 0.5) is 0 Å². The van der Waals surface area contributed by atoms with Gasteiger partial charge < -0.3 is 14.8 Å². The number of hydrogen-bond acceptors (Lipinski definition) is 3. The highest BCUT2D eigenvalue weighted by Crippen LogP contribution is 2.29. The Morgan fingerprint density at radius 2 is 1.91 bits per heavy atom. The van der Waals surface area contributed by atoms with Crippen molar-refractivity contribution in [3.05, 3.63) is 58.1 Å². The molecule has 1 N–H and O–H groups in total. The molecule has 0 aromatic heterocycles. The highest BCUT2D eigenvalue weighted by molar-refractivity contribution is 9.10. The van der Waals surface area contributed by atoms with Crippen LogP contribution in [0, 0.1) is 0 Å². The van der Waals surface area contributed by atoms with Gasteiger partial charge in [0.2, 0.25) is 0 Å². The van der Waals surface area contributed by atoms with Crippen LogP contribution in [0.3, 0.4) is 0 Å². The van der Waals surface area contributed by atoms with E-state index in [1.54, 1.807) is 13.2 Å². The number of benzene rings is 2. The Morgan fingerprint density at radius 1 is 1.17 bits per heavy atom. The SMILES string of the molecule is COc1cc(CNC(=O)c2ccccc2Br)ccc1OC(C)C. The Labute approximate surface area is 144 Å². The molecular weight excluding hydrogens is 358 g/mol. The highest BCUT2D eigenvalue weighted by atomic mass is 79.9. The van der Waals surface area contributed by atoms with Gasteiger partial charge in [0.1, 0.15) is 0 Å². The molecule has 0 saturated heterocycles. The second kappa shape index (κ2) is 8.02. The van der Waals surface area contributed by atoms with E-state index in [0.29, 0.717) is 23.6 Å². The molecule has 0 atom stereocenters. The van der Waals surface area contributed by atoms with E-state index in [2.05, 4.69) is 21.2 Å². The lowest BCUT2D eigenvalue weighted by Crippen LogP contribution is -2.23. The Kier molecular flexibility index (Phi) is 6.04. The predicted molar refractivity (Wildman–Crippen MR) is 94.1 cm³/mol. The zero-order valence-electron chi connectivity index (χ0n) is 13.4. The van der Waals surface area contributed by atoms with Gasteiger partial charge >= 0.3 is 0 Å². The van der Waals surface area contributed by atoms with Gasteiger partial charge in [-0.2, -0.15) is 0 Å². The maximum atomic E-state index is 12.2. The van der Waals surface area contributed by atoms with Crippen molar-refractivity contribution in [2.24, 2.45) is 0 Å². The summed E-state index contributed by atoms with van der Waals surface area (Å²) in [5.41, 5.74) is 1.55. The van der Waals surface area contributed by atoms with Crippen molar-refractivity contribution in [2.75, 3.05) is 7.11 Å². The zero-order valence-corrected chi connectivity index (χ0v) is 15.0. The van der Waals surface area contributed by atoms with Crippen LogP contribution < -0.4 is 14.8 Å². The molecule has 2 aromatic rings. The first-order chi connectivity index (χ1) is 11.0. The van der Waals surface area contributed by atoms with Crippen LogP contribution in [-0.4, -0.2) is 19.1 Å². The van der Waals surface area contributed by atoms with E-state index in [1.165, 1.54) is 0 Å². The number of hydrogen-bond donors (Lipinski definition) is 1. The fraction of sp³-hybridized carbons (Fsp3) is 0.278. The molecule has 0 fully saturated rings. The summed E-state index contributed by atoms with van der Waals surface area (Å²) in [6.07, 6.45) is 0.0740. The average molecular weight is 378 g/mol. The monoisotopic (exact) mass is 377 g/mol. The third kappa shape index (κ3) is 4.73. The molecule has 0 bridgehead atoms. The van der Waals surface area contributed by atoms with E-state index in [1.807, 2.05) is 50.2 Å². The minimum absolute atomic E-state index is 0.0740. The predicted octanol–water partition coefficient (Wildman–Crippen LogP) is 4.17. The second-order valence-corrected chi connectivity index (χ2v) is 6.17. The molecule has 0 spiro atoms. The summed E-state index contributed by atoms with van der Waals surface area (Å²) in [5.74, 6) is 1.23. The molecule has 0 radical (unpaired) electrons. The molecule has 0 saturated carbocycles. The largest absolute Gasteiger partial charge is 0.493 e. The van der Waals surface area contributed by atoms with Crippen molar-refractivity contribution in [1.82, 2.24) is 5.32 Å². The molecule has 23 heavy (non-hydrogen) atoms. The standard InChI is InChI=1S/C18H20BrNO3/c1-12(2)23-16-9-8-13(10-17(16)22-3)11-20-18(21)14-6-4-5-7-15(14)19/h4-10,12H,11H2,1-3H3,(H,20,21). The van der Waals surface area contributed by atoms with Crippen LogP contribution in [0.25, 0.3) is 0 Å². The summed E-state index contributed by atoms with van der Waals surface area (Å²) >= 11 is 3.38. The van der Waals surface area contributed by atoms with Crippen molar-refractivity contribution in [2.45, 2.75) is 26.5 Å². The molecule has 0 aliphatic rings. The van der Waals surface area contributed by atoms with E-state index >= 15 is 0 Å². The van der Waals surface area contributed by atoms with Gasteiger partial charge in [-0.25, -0.2) is 0 Å². The fourth-order valence-corrected chi connectivity index (χ4v) is 2.56. The zero-order chi connectivity index (χ0) is 16.8. The molecule has 0 aliphatic carbocycles. The van der Waals surface area contributed by atoms with Crippen LogP contribution in [-0.2, 0) is 6.54 Å². The van der Waals surface area contributed by atoms with E-state index in [-0.39, 0.29) is 12.0 Å². The molecule has 1 amide bonds. The molecule has 122 valence electrons. The number of halogens is 1. The fourth-order valence-electron chi connectivity index (χ4n) is 2.10. The van der Waals surface area contributed by atoms with Crippen molar-refractivity contribution >= 4 is 21.8 Å². The third-order valence-electron chi connectivity index (χ3n) is 3.16. The summed E-state index contributed by atoms with van der Waals surface area (Å²) in [6, 6.07) is 13.0. The van der Waals surface area contributed by atoms with Gasteiger partial charge in [-0.3, -0.25) is 4.79 Å². The van der Waals surface area contributed by atoms with Gasteiger partial charge in [-0.1, -0.05) is 18.2 Å². The molecule has 4 nitrogen and oxygen atoms in total. The van der Waals surface area contributed by atoms with E-state index in [4.69, 9.17) is 9.47 Å². The number of carbonyl (C=O) groups is 1. The quantitative estimate of drug-likeness (QED) is 0.821. The number of methoxy groups -OCH3 is 1. The lowest BCUT2D eigenvalue weighted by molar-refractivity contribution is 0.0950. The van der Waals surface area contributed by atoms with Crippen molar-refractivity contribution in [3.63, 3.8) is 0 Å². The van der Waals surface area contributed by atoms with Gasteiger partial charge in [0.25, 0.3) is 5.91 Å². The molecule has 0 unspecified atom stereocenters. The Morgan fingerprint density at radius 3 is 2.57 bits per heavy atom. The minimum atomic E-state index is -0.126. The lowest BCUT2D eigenvalue weighted by atomic mass is 10.1. The molecular formula is C18H20BrNO3. The van der Waals surface area contributed by atoms with Gasteiger partial charge in [-0.15, -0.1) is 0 Å². The Hall–Kier alpha value is -2.01. The van der Waals surface area contributed by atoms with Crippen LogP contribution in [0.1, 0.15) is 29.8 Å². The van der Waals surface area contributed by atoms with Crippen LogP contribution in [0.15, 0.2) is 46.9 Å². The van der Waals surface area contributed by atoms with Gasteiger partial charge in [0.15, 0.2) is 11.5 Å². The van der Waals surface area contributed by atoms with Gasteiger partial charge in [0.05, 0.1) is 18.8 Å². The minimum Gasteiger partial charge on any atom is -0.493 e. The van der Waals surface area contributed by atoms with Crippen LogP contribution in [0.5, 0.6) is 11.5 Å². The summed E-state index contributed by atoms with van der Waals surface area (Å²) in [6.45, 7) is 4.34. The molecule has 2 aromatic carbocycles. The number of ether oxygens (including phenoxy) is 2. The smallest absolute Gasteiger partial charge is 0.252 e. The number of carbonyl (C=O) groups excluding carboxylic acids is 1. The van der Waals surface area contributed by atoms with Crippen molar-refractivity contribution in [1.29, 1.82) is 0 Å². The van der Waals surface area contributed by atoms with Crippen molar-refractivity contribution < 1.29 is 14.3 Å². The number of rotatable bonds is 6. The average Bonchev–Trinajstić information content (AvgIpc) is 2.53. The van der Waals surface area contributed by atoms with E-state index in [9.17, 15) is 4.79 Å². The summed E-state index contributed by atoms with van der Waals surface area (Å²) in [7, 11) is 1.60. The van der Waals surface area contributed by atoms with Crippen LogP contribution in [0.2, 0.25) is 0 Å². The topological polar surface area (TPSA) is 47.6 Å². The normalized spacial score (nSPS) is 10.5. The Balaban J connectivity index is 2.06. The first-order valence-corrected chi connectivity index (χ1v) is 8.17. The first-order valence-electron chi connectivity index (χ1n) is 7.37. The lowest BCUT2D eigenvalue weighted by Gasteiger charge is -2.15. The molecule has 0 aliphatic heterocycles.